The minimum absolute atomic E-state index is 0.134. The van der Waals surface area contributed by atoms with Gasteiger partial charge in [-0.15, -0.1) is 0 Å². The van der Waals surface area contributed by atoms with Crippen molar-refractivity contribution >= 4 is 5.82 Å². The first-order chi connectivity index (χ1) is 7.63. The SMILES string of the molecule is CC1CC(Oc2cncc(N)n2)CC(C)O1. The van der Waals surface area contributed by atoms with Gasteiger partial charge in [-0.1, -0.05) is 0 Å². The van der Waals surface area contributed by atoms with E-state index in [1.807, 2.05) is 0 Å². The Kier molecular flexibility index (Phi) is 3.24. The van der Waals surface area contributed by atoms with E-state index in [0.29, 0.717) is 11.7 Å². The second kappa shape index (κ2) is 4.65. The third-order valence-electron chi connectivity index (χ3n) is 2.57. The molecule has 1 aliphatic heterocycles. The van der Waals surface area contributed by atoms with Crippen LogP contribution in [0.2, 0.25) is 0 Å². The molecule has 0 amide bonds. The zero-order valence-corrected chi connectivity index (χ0v) is 9.59. The smallest absolute Gasteiger partial charge is 0.234 e. The molecule has 1 fully saturated rings. The number of anilines is 1. The molecule has 1 aliphatic rings. The van der Waals surface area contributed by atoms with Gasteiger partial charge in [0.15, 0.2) is 0 Å². The van der Waals surface area contributed by atoms with Gasteiger partial charge in [0.1, 0.15) is 11.9 Å². The molecule has 0 aliphatic carbocycles. The lowest BCUT2D eigenvalue weighted by molar-refractivity contribution is -0.0730. The van der Waals surface area contributed by atoms with Crippen LogP contribution in [-0.4, -0.2) is 28.3 Å². The fourth-order valence-corrected chi connectivity index (χ4v) is 2.03. The molecule has 0 aromatic carbocycles. The number of rotatable bonds is 2. The minimum atomic E-state index is 0.134. The fraction of sp³-hybridized carbons (Fsp3) is 0.636. The van der Waals surface area contributed by atoms with Crippen molar-refractivity contribution in [2.45, 2.75) is 45.0 Å². The van der Waals surface area contributed by atoms with E-state index in [9.17, 15) is 0 Å². The van der Waals surface area contributed by atoms with E-state index in [1.165, 1.54) is 6.20 Å². The van der Waals surface area contributed by atoms with Crippen LogP contribution in [0.25, 0.3) is 0 Å². The van der Waals surface area contributed by atoms with Crippen LogP contribution in [0.3, 0.4) is 0 Å². The van der Waals surface area contributed by atoms with E-state index < -0.39 is 0 Å². The van der Waals surface area contributed by atoms with Gasteiger partial charge in [0.2, 0.25) is 5.88 Å². The normalized spacial score (nSPS) is 30.0. The van der Waals surface area contributed by atoms with E-state index in [0.717, 1.165) is 12.8 Å². The number of nitrogens with zero attached hydrogens (tertiary/aromatic N) is 2. The van der Waals surface area contributed by atoms with Crippen molar-refractivity contribution in [3.05, 3.63) is 12.4 Å². The van der Waals surface area contributed by atoms with Gasteiger partial charge in [-0.2, -0.15) is 4.98 Å². The van der Waals surface area contributed by atoms with Gasteiger partial charge in [-0.05, 0) is 13.8 Å². The average Bonchev–Trinajstić information content (AvgIpc) is 2.15. The monoisotopic (exact) mass is 223 g/mol. The standard InChI is InChI=1S/C11H17N3O2/c1-7-3-9(4-8(2)15-7)16-11-6-13-5-10(12)14-11/h5-9H,3-4H2,1-2H3,(H2,12,14). The zero-order valence-electron chi connectivity index (χ0n) is 9.59. The van der Waals surface area contributed by atoms with Crippen LogP contribution in [0.1, 0.15) is 26.7 Å². The number of hydrogen-bond donors (Lipinski definition) is 1. The first-order valence-electron chi connectivity index (χ1n) is 5.53. The summed E-state index contributed by atoms with van der Waals surface area (Å²) in [7, 11) is 0. The number of aromatic nitrogens is 2. The van der Waals surface area contributed by atoms with Crippen LogP contribution in [-0.2, 0) is 4.74 Å². The molecule has 16 heavy (non-hydrogen) atoms. The molecule has 0 saturated carbocycles. The molecule has 0 radical (unpaired) electrons. The molecule has 1 aromatic heterocycles. The van der Waals surface area contributed by atoms with E-state index in [2.05, 4.69) is 23.8 Å². The fourth-order valence-electron chi connectivity index (χ4n) is 2.03. The summed E-state index contributed by atoms with van der Waals surface area (Å²) in [5.41, 5.74) is 5.54. The van der Waals surface area contributed by atoms with E-state index >= 15 is 0 Å². The molecule has 2 unspecified atom stereocenters. The molecule has 88 valence electrons. The molecule has 2 rings (SSSR count). The van der Waals surface area contributed by atoms with E-state index in [-0.39, 0.29) is 18.3 Å². The quantitative estimate of drug-likeness (QED) is 0.820. The average molecular weight is 223 g/mol. The van der Waals surface area contributed by atoms with Crippen LogP contribution in [0.15, 0.2) is 12.4 Å². The summed E-state index contributed by atoms with van der Waals surface area (Å²) in [6.45, 7) is 4.11. The summed E-state index contributed by atoms with van der Waals surface area (Å²) in [4.78, 5) is 8.01. The maximum atomic E-state index is 5.74. The summed E-state index contributed by atoms with van der Waals surface area (Å²) in [5.74, 6) is 0.872. The highest BCUT2D eigenvalue weighted by Gasteiger charge is 2.26. The predicted octanol–water partition coefficient (Wildman–Crippen LogP) is 1.39. The van der Waals surface area contributed by atoms with Gasteiger partial charge in [-0.3, -0.25) is 4.98 Å². The maximum absolute atomic E-state index is 5.74. The van der Waals surface area contributed by atoms with E-state index in [1.54, 1.807) is 6.20 Å². The Morgan fingerprint density at radius 3 is 2.62 bits per heavy atom. The Hall–Kier alpha value is -1.36. The van der Waals surface area contributed by atoms with Gasteiger partial charge in [0.05, 0.1) is 24.6 Å². The molecule has 5 nitrogen and oxygen atoms in total. The molecule has 2 heterocycles. The third-order valence-corrected chi connectivity index (χ3v) is 2.57. The number of ether oxygens (including phenoxy) is 2. The van der Waals surface area contributed by atoms with Crippen LogP contribution in [0.4, 0.5) is 5.82 Å². The van der Waals surface area contributed by atoms with Crippen molar-refractivity contribution in [3.63, 3.8) is 0 Å². The molecule has 1 saturated heterocycles. The predicted molar refractivity (Wildman–Crippen MR) is 60.1 cm³/mol. The molecule has 1 aromatic rings. The van der Waals surface area contributed by atoms with Crippen molar-refractivity contribution in [2.75, 3.05) is 5.73 Å². The Morgan fingerprint density at radius 1 is 1.31 bits per heavy atom. The van der Waals surface area contributed by atoms with Crippen LogP contribution in [0.5, 0.6) is 5.88 Å². The Bertz CT molecular complexity index is 349. The Labute approximate surface area is 95.0 Å². The highest BCUT2D eigenvalue weighted by Crippen LogP contribution is 2.23. The van der Waals surface area contributed by atoms with Gasteiger partial charge in [0, 0.05) is 12.8 Å². The number of hydrogen-bond acceptors (Lipinski definition) is 5. The first kappa shape index (κ1) is 11.1. The topological polar surface area (TPSA) is 70.3 Å². The second-order valence-corrected chi connectivity index (χ2v) is 4.25. The van der Waals surface area contributed by atoms with Gasteiger partial charge in [0.25, 0.3) is 0 Å². The molecule has 2 N–H and O–H groups in total. The molecular formula is C11H17N3O2. The van der Waals surface area contributed by atoms with Crippen molar-refractivity contribution in [2.24, 2.45) is 0 Å². The molecular weight excluding hydrogens is 206 g/mol. The summed E-state index contributed by atoms with van der Waals surface area (Å²) in [6.07, 6.45) is 5.42. The van der Waals surface area contributed by atoms with Crippen LogP contribution >= 0.6 is 0 Å². The number of nitrogen functional groups attached to an aromatic ring is 1. The Balaban J connectivity index is 1.98. The minimum Gasteiger partial charge on any atom is -0.473 e. The Morgan fingerprint density at radius 2 is 2.00 bits per heavy atom. The van der Waals surface area contributed by atoms with Crippen molar-refractivity contribution in [1.29, 1.82) is 0 Å². The molecule has 0 spiro atoms. The van der Waals surface area contributed by atoms with Gasteiger partial charge >= 0.3 is 0 Å². The molecule has 5 heteroatoms. The lowest BCUT2D eigenvalue weighted by Gasteiger charge is -2.31. The van der Waals surface area contributed by atoms with E-state index in [4.69, 9.17) is 15.2 Å². The van der Waals surface area contributed by atoms with Gasteiger partial charge < -0.3 is 15.2 Å². The second-order valence-electron chi connectivity index (χ2n) is 4.25. The molecule has 0 bridgehead atoms. The highest BCUT2D eigenvalue weighted by molar-refractivity contribution is 5.26. The first-order valence-corrected chi connectivity index (χ1v) is 5.53. The maximum Gasteiger partial charge on any atom is 0.234 e. The van der Waals surface area contributed by atoms with Crippen molar-refractivity contribution in [3.8, 4) is 5.88 Å². The summed E-state index contributed by atoms with van der Waals surface area (Å²) in [5, 5.41) is 0. The molecule has 2 atom stereocenters. The van der Waals surface area contributed by atoms with Crippen molar-refractivity contribution < 1.29 is 9.47 Å². The highest BCUT2D eigenvalue weighted by atomic mass is 16.5. The number of nitrogens with two attached hydrogens (primary N) is 1. The zero-order chi connectivity index (χ0) is 11.5. The lowest BCUT2D eigenvalue weighted by Crippen LogP contribution is -2.35. The van der Waals surface area contributed by atoms with Crippen LogP contribution in [0, 0.1) is 0 Å². The lowest BCUT2D eigenvalue weighted by atomic mass is 10.0. The largest absolute Gasteiger partial charge is 0.473 e. The van der Waals surface area contributed by atoms with Crippen molar-refractivity contribution in [1.82, 2.24) is 9.97 Å². The van der Waals surface area contributed by atoms with Crippen LogP contribution < -0.4 is 10.5 Å². The summed E-state index contributed by atoms with van der Waals surface area (Å²) >= 11 is 0. The third kappa shape index (κ3) is 2.82. The van der Waals surface area contributed by atoms with Gasteiger partial charge in [-0.25, -0.2) is 0 Å². The summed E-state index contributed by atoms with van der Waals surface area (Å²) < 4.78 is 11.4. The summed E-state index contributed by atoms with van der Waals surface area (Å²) in [6, 6.07) is 0.